The van der Waals surface area contributed by atoms with E-state index in [1.165, 1.54) is 0 Å². The second kappa shape index (κ2) is 10.1. The van der Waals surface area contributed by atoms with Crippen LogP contribution in [-0.2, 0) is 14.3 Å². The molecule has 0 aliphatic rings. The number of nitrogens with one attached hydrogen (secondary N) is 1. The zero-order chi connectivity index (χ0) is 13.1. The average molecular weight is 245 g/mol. The molecule has 5 nitrogen and oxygen atoms in total. The van der Waals surface area contributed by atoms with Crippen molar-refractivity contribution in [2.45, 2.75) is 39.5 Å². The predicted octanol–water partition coefficient (Wildman–Crippen LogP) is 1.42. The molecule has 0 saturated heterocycles. The second-order valence-electron chi connectivity index (χ2n) is 3.98. The van der Waals surface area contributed by atoms with Crippen molar-refractivity contribution in [3.63, 3.8) is 0 Å². The zero-order valence-corrected chi connectivity index (χ0v) is 10.7. The first-order valence-electron chi connectivity index (χ1n) is 6.19. The van der Waals surface area contributed by atoms with Gasteiger partial charge in [0, 0.05) is 12.5 Å². The molecule has 0 rings (SSSR count). The third-order valence-electron chi connectivity index (χ3n) is 2.54. The molecule has 0 fully saturated rings. The largest absolute Gasteiger partial charge is 0.480 e. The Morgan fingerprint density at radius 2 is 2.06 bits per heavy atom. The summed E-state index contributed by atoms with van der Waals surface area (Å²) in [7, 11) is 0. The van der Waals surface area contributed by atoms with E-state index < -0.39 is 5.97 Å². The van der Waals surface area contributed by atoms with E-state index in [-0.39, 0.29) is 25.0 Å². The Morgan fingerprint density at radius 1 is 1.35 bits per heavy atom. The summed E-state index contributed by atoms with van der Waals surface area (Å²) in [6.45, 7) is 4.39. The standard InChI is InChI=1S/C12H23NO4/c1-3-5-6-10(4-2)12(16)13-7-8-17-9-11(14)15/h10H,3-9H2,1-2H3,(H,13,16)(H,14,15). The molecule has 0 radical (unpaired) electrons. The van der Waals surface area contributed by atoms with Gasteiger partial charge in [-0.15, -0.1) is 0 Å². The number of unbranched alkanes of at least 4 members (excludes halogenated alkanes) is 1. The molecular weight excluding hydrogens is 222 g/mol. The van der Waals surface area contributed by atoms with Gasteiger partial charge in [0.15, 0.2) is 0 Å². The van der Waals surface area contributed by atoms with E-state index in [1.54, 1.807) is 0 Å². The van der Waals surface area contributed by atoms with E-state index in [2.05, 4.69) is 12.2 Å². The fourth-order valence-corrected chi connectivity index (χ4v) is 1.52. The first-order chi connectivity index (χ1) is 8.11. The van der Waals surface area contributed by atoms with Gasteiger partial charge >= 0.3 is 5.97 Å². The second-order valence-corrected chi connectivity index (χ2v) is 3.98. The molecule has 0 saturated carbocycles. The number of hydrogen-bond acceptors (Lipinski definition) is 3. The van der Waals surface area contributed by atoms with Crippen LogP contribution in [0.5, 0.6) is 0 Å². The number of aliphatic carboxylic acids is 1. The minimum absolute atomic E-state index is 0.0416. The van der Waals surface area contributed by atoms with Crippen LogP contribution in [0.2, 0.25) is 0 Å². The van der Waals surface area contributed by atoms with Crippen molar-refractivity contribution in [2.75, 3.05) is 19.8 Å². The molecular formula is C12H23NO4. The molecule has 0 aromatic rings. The molecule has 0 aromatic carbocycles. The summed E-state index contributed by atoms with van der Waals surface area (Å²) in [5, 5.41) is 11.1. The van der Waals surface area contributed by atoms with Crippen LogP contribution in [0.3, 0.4) is 0 Å². The highest BCUT2D eigenvalue weighted by atomic mass is 16.5. The summed E-state index contributed by atoms with van der Waals surface area (Å²) >= 11 is 0. The van der Waals surface area contributed by atoms with Gasteiger partial charge in [-0.25, -0.2) is 4.79 Å². The van der Waals surface area contributed by atoms with E-state index in [4.69, 9.17) is 9.84 Å². The first kappa shape index (κ1) is 15.9. The van der Waals surface area contributed by atoms with Crippen LogP contribution >= 0.6 is 0 Å². The lowest BCUT2D eigenvalue weighted by Crippen LogP contribution is -2.33. The summed E-state index contributed by atoms with van der Waals surface area (Å²) in [6, 6.07) is 0. The Labute approximate surface area is 103 Å². The van der Waals surface area contributed by atoms with E-state index in [1.807, 2.05) is 6.92 Å². The summed E-state index contributed by atoms with van der Waals surface area (Å²) in [5.74, 6) is -0.889. The maximum atomic E-state index is 11.7. The molecule has 0 aliphatic heterocycles. The number of carboxylic acids is 1. The molecule has 5 heteroatoms. The molecule has 1 amide bonds. The van der Waals surface area contributed by atoms with Gasteiger partial charge in [0.25, 0.3) is 0 Å². The van der Waals surface area contributed by atoms with Crippen molar-refractivity contribution in [3.05, 3.63) is 0 Å². The number of hydrogen-bond donors (Lipinski definition) is 2. The Balaban J connectivity index is 3.64. The highest BCUT2D eigenvalue weighted by molar-refractivity contribution is 5.78. The van der Waals surface area contributed by atoms with Gasteiger partial charge in [0.05, 0.1) is 6.61 Å². The van der Waals surface area contributed by atoms with Crippen LogP contribution in [0.15, 0.2) is 0 Å². The van der Waals surface area contributed by atoms with Crippen LogP contribution in [-0.4, -0.2) is 36.7 Å². The maximum Gasteiger partial charge on any atom is 0.329 e. The molecule has 1 unspecified atom stereocenters. The smallest absolute Gasteiger partial charge is 0.329 e. The highest BCUT2D eigenvalue weighted by Gasteiger charge is 2.14. The molecule has 100 valence electrons. The third-order valence-corrected chi connectivity index (χ3v) is 2.54. The van der Waals surface area contributed by atoms with Crippen LogP contribution in [0.1, 0.15) is 39.5 Å². The maximum absolute atomic E-state index is 11.7. The summed E-state index contributed by atoms with van der Waals surface area (Å²) in [6.07, 6.45) is 3.89. The molecule has 0 heterocycles. The van der Waals surface area contributed by atoms with Gasteiger partial charge in [0.2, 0.25) is 5.91 Å². The number of amides is 1. The summed E-state index contributed by atoms with van der Waals surface area (Å²) in [4.78, 5) is 21.9. The quantitative estimate of drug-likeness (QED) is 0.571. The van der Waals surface area contributed by atoms with Crippen LogP contribution in [0.25, 0.3) is 0 Å². The van der Waals surface area contributed by atoms with E-state index in [0.717, 1.165) is 25.7 Å². The molecule has 1 atom stereocenters. The fourth-order valence-electron chi connectivity index (χ4n) is 1.52. The average Bonchev–Trinajstić information content (AvgIpc) is 2.29. The van der Waals surface area contributed by atoms with Gasteiger partial charge < -0.3 is 15.2 Å². The molecule has 0 bridgehead atoms. The lowest BCUT2D eigenvalue weighted by molar-refractivity contribution is -0.142. The SMILES string of the molecule is CCCCC(CC)C(=O)NCCOCC(=O)O. The lowest BCUT2D eigenvalue weighted by Gasteiger charge is -2.14. The Hall–Kier alpha value is -1.10. The van der Waals surface area contributed by atoms with Crippen molar-refractivity contribution in [1.29, 1.82) is 0 Å². The van der Waals surface area contributed by atoms with Crippen molar-refractivity contribution in [1.82, 2.24) is 5.32 Å². The van der Waals surface area contributed by atoms with E-state index in [9.17, 15) is 9.59 Å². The Morgan fingerprint density at radius 3 is 2.59 bits per heavy atom. The number of carbonyl (C=O) groups excluding carboxylic acids is 1. The van der Waals surface area contributed by atoms with Gasteiger partial charge in [-0.3, -0.25) is 4.79 Å². The Kier molecular flexibility index (Phi) is 9.43. The normalized spacial score (nSPS) is 12.1. The number of carboxylic acid groups (broad SMARTS) is 1. The zero-order valence-electron chi connectivity index (χ0n) is 10.7. The van der Waals surface area contributed by atoms with Gasteiger partial charge in [0.1, 0.15) is 6.61 Å². The predicted molar refractivity (Wildman–Crippen MR) is 64.8 cm³/mol. The van der Waals surface area contributed by atoms with Crippen LogP contribution < -0.4 is 5.32 Å². The Bertz CT molecular complexity index is 231. The number of ether oxygens (including phenoxy) is 1. The van der Waals surface area contributed by atoms with Gasteiger partial charge in [-0.2, -0.15) is 0 Å². The van der Waals surface area contributed by atoms with Crippen molar-refractivity contribution >= 4 is 11.9 Å². The summed E-state index contributed by atoms with van der Waals surface area (Å²) < 4.78 is 4.83. The van der Waals surface area contributed by atoms with Crippen molar-refractivity contribution in [3.8, 4) is 0 Å². The molecule has 2 N–H and O–H groups in total. The van der Waals surface area contributed by atoms with E-state index >= 15 is 0 Å². The van der Waals surface area contributed by atoms with Crippen molar-refractivity contribution in [2.24, 2.45) is 5.92 Å². The first-order valence-corrected chi connectivity index (χ1v) is 6.19. The minimum Gasteiger partial charge on any atom is -0.480 e. The third kappa shape index (κ3) is 8.68. The fraction of sp³-hybridized carbons (Fsp3) is 0.833. The van der Waals surface area contributed by atoms with Gasteiger partial charge in [-0.05, 0) is 12.8 Å². The number of rotatable bonds is 10. The summed E-state index contributed by atoms with van der Waals surface area (Å²) in [5.41, 5.74) is 0. The molecule has 17 heavy (non-hydrogen) atoms. The molecule has 0 aromatic heterocycles. The van der Waals surface area contributed by atoms with Crippen molar-refractivity contribution < 1.29 is 19.4 Å². The van der Waals surface area contributed by atoms with Crippen LogP contribution in [0, 0.1) is 5.92 Å². The molecule has 0 aliphatic carbocycles. The lowest BCUT2D eigenvalue weighted by atomic mass is 9.98. The topological polar surface area (TPSA) is 75.6 Å². The van der Waals surface area contributed by atoms with Gasteiger partial charge in [-0.1, -0.05) is 26.7 Å². The van der Waals surface area contributed by atoms with E-state index in [0.29, 0.717) is 6.54 Å². The minimum atomic E-state index is -0.995. The monoisotopic (exact) mass is 245 g/mol. The van der Waals surface area contributed by atoms with Crippen LogP contribution in [0.4, 0.5) is 0 Å². The highest BCUT2D eigenvalue weighted by Crippen LogP contribution is 2.12. The number of carbonyl (C=O) groups is 2. The molecule has 0 spiro atoms.